The lowest BCUT2D eigenvalue weighted by Crippen LogP contribution is -2.47. The number of carbonyl (C=O) groups is 1. The Balaban J connectivity index is 1.28. The zero-order chi connectivity index (χ0) is 18.6. The van der Waals surface area contributed by atoms with Gasteiger partial charge in [-0.3, -0.25) is 9.69 Å². The van der Waals surface area contributed by atoms with Gasteiger partial charge in [-0.15, -0.1) is 11.3 Å². The Labute approximate surface area is 163 Å². The maximum atomic E-state index is 12.5. The quantitative estimate of drug-likeness (QED) is 0.741. The number of hydrogen-bond acceptors (Lipinski definition) is 6. The summed E-state index contributed by atoms with van der Waals surface area (Å²) in [5.74, 6) is 1.53. The Kier molecular flexibility index (Phi) is 5.40. The average molecular weight is 385 g/mol. The summed E-state index contributed by atoms with van der Waals surface area (Å²) >= 11 is 1.73. The van der Waals surface area contributed by atoms with Crippen molar-refractivity contribution in [3.05, 3.63) is 45.9 Å². The van der Waals surface area contributed by atoms with E-state index >= 15 is 0 Å². The van der Waals surface area contributed by atoms with E-state index in [9.17, 15) is 4.79 Å². The second-order valence-electron chi connectivity index (χ2n) is 6.63. The molecule has 0 aliphatic carbocycles. The summed E-state index contributed by atoms with van der Waals surface area (Å²) in [5.41, 5.74) is 2.07. The minimum atomic E-state index is 0.0502. The van der Waals surface area contributed by atoms with E-state index in [0.717, 1.165) is 61.9 Å². The normalized spacial score (nSPS) is 17.0. The van der Waals surface area contributed by atoms with E-state index < -0.39 is 0 Å². The van der Waals surface area contributed by atoms with Crippen molar-refractivity contribution in [3.8, 4) is 11.5 Å². The molecular weight excluding hydrogens is 362 g/mol. The summed E-state index contributed by atoms with van der Waals surface area (Å²) < 4.78 is 10.7. The molecule has 2 aliphatic heterocycles. The smallest absolute Gasteiger partial charge is 0.246 e. The Hall–Kier alpha value is -2.38. The second kappa shape index (κ2) is 8.10. The third-order valence-corrected chi connectivity index (χ3v) is 5.83. The lowest BCUT2D eigenvalue weighted by molar-refractivity contribution is -0.127. The fraction of sp³-hybridized carbons (Fsp3) is 0.400. The van der Waals surface area contributed by atoms with Crippen molar-refractivity contribution in [2.75, 3.05) is 33.0 Å². The number of aromatic nitrogens is 1. The van der Waals surface area contributed by atoms with Crippen LogP contribution >= 0.6 is 11.3 Å². The van der Waals surface area contributed by atoms with E-state index in [-0.39, 0.29) is 12.7 Å². The van der Waals surface area contributed by atoms with Gasteiger partial charge in [-0.05, 0) is 30.2 Å². The molecule has 0 spiro atoms. The van der Waals surface area contributed by atoms with Crippen LogP contribution in [0.25, 0.3) is 6.08 Å². The molecule has 27 heavy (non-hydrogen) atoms. The van der Waals surface area contributed by atoms with Gasteiger partial charge in [0, 0.05) is 44.2 Å². The Morgan fingerprint density at radius 1 is 1.22 bits per heavy atom. The molecule has 1 amide bonds. The van der Waals surface area contributed by atoms with E-state index in [2.05, 4.69) is 22.2 Å². The van der Waals surface area contributed by atoms with Gasteiger partial charge >= 0.3 is 0 Å². The van der Waals surface area contributed by atoms with Crippen LogP contribution in [-0.4, -0.2) is 53.7 Å². The van der Waals surface area contributed by atoms with Gasteiger partial charge in [-0.25, -0.2) is 4.98 Å². The standard InChI is InChI=1S/C20H23N3O3S/c1-2-19-21-16(13-27-19)12-22-7-9-23(10-8-22)20(24)6-4-15-3-5-17-18(11-15)26-14-25-17/h3-6,11,13H,2,7-10,12,14H2,1H3/b6-4+. The SMILES string of the molecule is CCc1nc(CN2CCN(C(=O)/C=C/c3ccc4c(c3)OCO4)CC2)cs1. The molecule has 0 bridgehead atoms. The van der Waals surface area contributed by atoms with Crippen LogP contribution in [0.3, 0.4) is 0 Å². The van der Waals surface area contributed by atoms with Gasteiger partial charge in [0.25, 0.3) is 0 Å². The molecule has 0 unspecified atom stereocenters. The average Bonchev–Trinajstić information content (AvgIpc) is 3.35. The molecule has 6 nitrogen and oxygen atoms in total. The molecular formula is C20H23N3O3S. The molecule has 0 radical (unpaired) electrons. The third kappa shape index (κ3) is 4.31. The highest BCUT2D eigenvalue weighted by atomic mass is 32.1. The van der Waals surface area contributed by atoms with Crippen LogP contribution in [0.5, 0.6) is 11.5 Å². The highest BCUT2D eigenvalue weighted by Gasteiger charge is 2.20. The molecule has 3 heterocycles. The first-order valence-corrected chi connectivity index (χ1v) is 10.1. The molecule has 1 saturated heterocycles. The lowest BCUT2D eigenvalue weighted by Gasteiger charge is -2.33. The predicted molar refractivity (Wildman–Crippen MR) is 105 cm³/mol. The van der Waals surface area contributed by atoms with Crippen molar-refractivity contribution in [3.63, 3.8) is 0 Å². The van der Waals surface area contributed by atoms with Crippen LogP contribution in [-0.2, 0) is 17.8 Å². The number of rotatable bonds is 5. The van der Waals surface area contributed by atoms with Gasteiger partial charge in [-0.2, -0.15) is 0 Å². The predicted octanol–water partition coefficient (Wildman–Crippen LogP) is 2.79. The number of thiazole rings is 1. The van der Waals surface area contributed by atoms with Crippen molar-refractivity contribution in [2.45, 2.75) is 19.9 Å². The van der Waals surface area contributed by atoms with Gasteiger partial charge in [0.2, 0.25) is 12.7 Å². The molecule has 0 atom stereocenters. The summed E-state index contributed by atoms with van der Waals surface area (Å²) in [5, 5.41) is 3.33. The molecule has 7 heteroatoms. The number of fused-ring (bicyclic) bond motifs is 1. The maximum absolute atomic E-state index is 12.5. The lowest BCUT2D eigenvalue weighted by atomic mass is 10.2. The van der Waals surface area contributed by atoms with Crippen molar-refractivity contribution in [1.29, 1.82) is 0 Å². The summed E-state index contributed by atoms with van der Waals surface area (Å²) in [6, 6.07) is 5.68. The first kappa shape index (κ1) is 18.0. The first-order valence-electron chi connectivity index (χ1n) is 9.23. The largest absolute Gasteiger partial charge is 0.454 e. The van der Waals surface area contributed by atoms with Crippen LogP contribution in [0.1, 0.15) is 23.2 Å². The molecule has 2 aromatic rings. The van der Waals surface area contributed by atoms with E-state index in [1.165, 1.54) is 5.01 Å². The summed E-state index contributed by atoms with van der Waals surface area (Å²) in [4.78, 5) is 21.4. The molecule has 2 aliphatic rings. The molecule has 142 valence electrons. The Morgan fingerprint density at radius 3 is 2.81 bits per heavy atom. The van der Waals surface area contributed by atoms with Gasteiger partial charge < -0.3 is 14.4 Å². The fourth-order valence-electron chi connectivity index (χ4n) is 3.23. The van der Waals surface area contributed by atoms with Gasteiger partial charge in [0.05, 0.1) is 10.7 Å². The zero-order valence-corrected chi connectivity index (χ0v) is 16.2. The minimum absolute atomic E-state index is 0.0502. The fourth-order valence-corrected chi connectivity index (χ4v) is 3.97. The molecule has 0 saturated carbocycles. The summed E-state index contributed by atoms with van der Waals surface area (Å²) in [7, 11) is 0. The number of carbonyl (C=O) groups excluding carboxylic acids is 1. The Morgan fingerprint density at radius 2 is 2.04 bits per heavy atom. The highest BCUT2D eigenvalue weighted by Crippen LogP contribution is 2.32. The highest BCUT2D eigenvalue weighted by molar-refractivity contribution is 7.09. The summed E-state index contributed by atoms with van der Waals surface area (Å²) in [6.45, 7) is 6.50. The van der Waals surface area contributed by atoms with Crippen LogP contribution in [0.2, 0.25) is 0 Å². The number of aryl methyl sites for hydroxylation is 1. The van der Waals surface area contributed by atoms with Gasteiger partial charge in [0.15, 0.2) is 11.5 Å². The van der Waals surface area contributed by atoms with E-state index in [1.54, 1.807) is 17.4 Å². The monoisotopic (exact) mass is 385 g/mol. The second-order valence-corrected chi connectivity index (χ2v) is 7.58. The molecule has 1 aromatic heterocycles. The van der Waals surface area contributed by atoms with Crippen LogP contribution in [0.15, 0.2) is 29.7 Å². The number of amides is 1. The van der Waals surface area contributed by atoms with E-state index in [0.29, 0.717) is 0 Å². The van der Waals surface area contributed by atoms with Crippen molar-refractivity contribution in [1.82, 2.24) is 14.8 Å². The number of hydrogen-bond donors (Lipinski definition) is 0. The molecule has 4 rings (SSSR count). The minimum Gasteiger partial charge on any atom is -0.454 e. The molecule has 1 aromatic carbocycles. The van der Waals surface area contributed by atoms with Crippen LogP contribution < -0.4 is 9.47 Å². The van der Waals surface area contributed by atoms with E-state index in [4.69, 9.17) is 9.47 Å². The number of nitrogens with zero attached hydrogens (tertiary/aromatic N) is 3. The van der Waals surface area contributed by atoms with Crippen LogP contribution in [0, 0.1) is 0 Å². The number of ether oxygens (including phenoxy) is 2. The van der Waals surface area contributed by atoms with Gasteiger partial charge in [-0.1, -0.05) is 13.0 Å². The molecule has 0 N–H and O–H groups in total. The topological polar surface area (TPSA) is 54.9 Å². The zero-order valence-electron chi connectivity index (χ0n) is 15.4. The van der Waals surface area contributed by atoms with Crippen LogP contribution in [0.4, 0.5) is 0 Å². The Bertz CT molecular complexity index is 841. The maximum Gasteiger partial charge on any atom is 0.246 e. The van der Waals surface area contributed by atoms with Crippen molar-refractivity contribution in [2.24, 2.45) is 0 Å². The van der Waals surface area contributed by atoms with Crippen molar-refractivity contribution >= 4 is 23.3 Å². The first-order chi connectivity index (χ1) is 13.2. The summed E-state index contributed by atoms with van der Waals surface area (Å²) in [6.07, 6.45) is 4.46. The number of benzene rings is 1. The van der Waals surface area contributed by atoms with Gasteiger partial charge in [0.1, 0.15) is 0 Å². The van der Waals surface area contributed by atoms with E-state index in [1.807, 2.05) is 29.2 Å². The van der Waals surface area contributed by atoms with Crippen molar-refractivity contribution < 1.29 is 14.3 Å². The third-order valence-electron chi connectivity index (χ3n) is 4.79. The molecule has 1 fully saturated rings. The number of piperazine rings is 1.